The van der Waals surface area contributed by atoms with Crippen molar-refractivity contribution in [3.05, 3.63) is 17.0 Å². The molecule has 116 valence electrons. The second-order valence-corrected chi connectivity index (χ2v) is 5.33. The maximum Gasteiger partial charge on any atom is 0.356 e. The van der Waals surface area contributed by atoms with Gasteiger partial charge < -0.3 is 20.0 Å². The third kappa shape index (κ3) is 3.22. The van der Waals surface area contributed by atoms with Crippen molar-refractivity contribution < 1.29 is 19.8 Å². The highest BCUT2D eigenvalue weighted by Crippen LogP contribution is 2.23. The summed E-state index contributed by atoms with van der Waals surface area (Å²) in [6.45, 7) is 1.26. The minimum atomic E-state index is -1.11. The quantitative estimate of drug-likeness (QED) is 0.724. The van der Waals surface area contributed by atoms with Crippen LogP contribution in [-0.4, -0.2) is 75.5 Å². The Hall–Kier alpha value is -1.93. The van der Waals surface area contributed by atoms with Crippen LogP contribution in [0.1, 0.15) is 21.7 Å². The van der Waals surface area contributed by atoms with Crippen LogP contribution in [0.25, 0.3) is 0 Å². The van der Waals surface area contributed by atoms with E-state index in [1.54, 1.807) is 9.80 Å². The monoisotopic (exact) mass is 296 g/mol. The second-order valence-electron chi connectivity index (χ2n) is 5.33. The Bertz CT molecular complexity index is 553. The summed E-state index contributed by atoms with van der Waals surface area (Å²) < 4.78 is 1.53. The maximum atomic E-state index is 12.1. The number of carbonyl (C=O) groups excluding carboxylic acids is 1. The third-order valence-electron chi connectivity index (χ3n) is 3.45. The zero-order chi connectivity index (χ0) is 15.6. The molecule has 21 heavy (non-hydrogen) atoms. The van der Waals surface area contributed by atoms with Gasteiger partial charge in [0, 0.05) is 30.8 Å². The van der Waals surface area contributed by atoms with Crippen molar-refractivity contribution in [1.82, 2.24) is 19.6 Å². The number of hydrogen-bond donors (Lipinski definition) is 2. The first kappa shape index (κ1) is 15.5. The van der Waals surface area contributed by atoms with Gasteiger partial charge >= 0.3 is 5.97 Å². The van der Waals surface area contributed by atoms with E-state index in [-0.39, 0.29) is 31.3 Å². The van der Waals surface area contributed by atoms with E-state index in [1.807, 2.05) is 14.1 Å². The molecule has 1 amide bonds. The summed E-state index contributed by atoms with van der Waals surface area (Å²) >= 11 is 0. The van der Waals surface area contributed by atoms with Gasteiger partial charge in [-0.1, -0.05) is 0 Å². The first-order valence-electron chi connectivity index (χ1n) is 6.79. The van der Waals surface area contributed by atoms with Gasteiger partial charge in [0.15, 0.2) is 5.69 Å². The van der Waals surface area contributed by atoms with E-state index in [4.69, 9.17) is 5.11 Å². The Morgan fingerprint density at radius 1 is 1.38 bits per heavy atom. The molecule has 2 rings (SSSR count). The number of aromatic nitrogens is 2. The molecule has 0 atom stereocenters. The van der Waals surface area contributed by atoms with E-state index in [1.165, 1.54) is 4.68 Å². The van der Waals surface area contributed by atoms with Gasteiger partial charge in [-0.25, -0.2) is 4.79 Å². The van der Waals surface area contributed by atoms with Gasteiger partial charge in [-0.05, 0) is 14.1 Å². The van der Waals surface area contributed by atoms with Crippen molar-refractivity contribution in [2.45, 2.75) is 19.5 Å². The molecule has 2 heterocycles. The van der Waals surface area contributed by atoms with Crippen molar-refractivity contribution in [3.8, 4) is 0 Å². The molecule has 0 saturated carbocycles. The second kappa shape index (κ2) is 6.23. The van der Waals surface area contributed by atoms with Gasteiger partial charge in [-0.3, -0.25) is 9.48 Å². The molecule has 0 fully saturated rings. The molecule has 0 unspecified atom stereocenters. The standard InChI is InChI=1S/C13H20N4O4/c1-15(2)8-11(19)16-4-3-10-9(7-16)12(13(20)21)14-17(10)5-6-18/h18H,3-8H2,1-2H3,(H,20,21). The number of rotatable bonds is 5. The number of aliphatic hydroxyl groups is 1. The molecular formula is C13H20N4O4. The van der Waals surface area contributed by atoms with Crippen LogP contribution in [0, 0.1) is 0 Å². The van der Waals surface area contributed by atoms with Crippen molar-refractivity contribution in [1.29, 1.82) is 0 Å². The van der Waals surface area contributed by atoms with E-state index >= 15 is 0 Å². The lowest BCUT2D eigenvalue weighted by Gasteiger charge is -2.28. The lowest BCUT2D eigenvalue weighted by molar-refractivity contribution is -0.132. The summed E-state index contributed by atoms with van der Waals surface area (Å²) in [5.74, 6) is -1.14. The fourth-order valence-electron chi connectivity index (χ4n) is 2.53. The molecule has 0 radical (unpaired) electrons. The zero-order valence-electron chi connectivity index (χ0n) is 12.2. The maximum absolute atomic E-state index is 12.1. The highest BCUT2D eigenvalue weighted by atomic mass is 16.4. The smallest absolute Gasteiger partial charge is 0.356 e. The number of hydrogen-bond acceptors (Lipinski definition) is 5. The van der Waals surface area contributed by atoms with E-state index in [2.05, 4.69) is 5.10 Å². The molecule has 0 spiro atoms. The summed E-state index contributed by atoms with van der Waals surface area (Å²) in [6, 6.07) is 0. The minimum absolute atomic E-state index is 0.0270. The Labute approximate surface area is 122 Å². The van der Waals surface area contributed by atoms with Crippen LogP contribution >= 0.6 is 0 Å². The van der Waals surface area contributed by atoms with E-state index < -0.39 is 5.97 Å². The highest BCUT2D eigenvalue weighted by molar-refractivity contribution is 5.88. The number of fused-ring (bicyclic) bond motifs is 1. The van der Waals surface area contributed by atoms with Crippen molar-refractivity contribution in [2.24, 2.45) is 0 Å². The molecule has 0 saturated heterocycles. The highest BCUT2D eigenvalue weighted by Gasteiger charge is 2.29. The van der Waals surface area contributed by atoms with Gasteiger partial charge in [-0.2, -0.15) is 5.10 Å². The Balaban J connectivity index is 2.26. The molecule has 1 aromatic rings. The predicted octanol–water partition coefficient (Wildman–Crippen LogP) is -0.980. The van der Waals surface area contributed by atoms with Crippen LogP contribution in [0.2, 0.25) is 0 Å². The van der Waals surface area contributed by atoms with Crippen molar-refractivity contribution in [2.75, 3.05) is 33.8 Å². The van der Waals surface area contributed by atoms with Crippen molar-refractivity contribution >= 4 is 11.9 Å². The summed E-state index contributed by atoms with van der Waals surface area (Å²) in [6.07, 6.45) is 0.550. The number of aromatic carboxylic acids is 1. The molecule has 0 aromatic carbocycles. The number of amides is 1. The topological polar surface area (TPSA) is 98.9 Å². The van der Waals surface area contributed by atoms with Crippen LogP contribution < -0.4 is 0 Å². The van der Waals surface area contributed by atoms with Crippen LogP contribution in [0.5, 0.6) is 0 Å². The molecule has 8 nitrogen and oxygen atoms in total. The van der Waals surface area contributed by atoms with Gasteiger partial charge in [0.25, 0.3) is 0 Å². The fraction of sp³-hybridized carbons (Fsp3) is 0.615. The van der Waals surface area contributed by atoms with Crippen molar-refractivity contribution in [3.63, 3.8) is 0 Å². The molecular weight excluding hydrogens is 276 g/mol. The Kier molecular flexibility index (Phi) is 4.59. The summed E-state index contributed by atoms with van der Waals surface area (Å²) in [7, 11) is 3.63. The lowest BCUT2D eigenvalue weighted by Crippen LogP contribution is -2.41. The van der Waals surface area contributed by atoms with Gasteiger partial charge in [0.05, 0.1) is 19.7 Å². The van der Waals surface area contributed by atoms with Crippen LogP contribution in [0.15, 0.2) is 0 Å². The molecule has 8 heteroatoms. The molecule has 1 aliphatic heterocycles. The largest absolute Gasteiger partial charge is 0.476 e. The number of likely N-dealkylation sites (N-methyl/N-ethyl adjacent to an activating group) is 1. The van der Waals surface area contributed by atoms with Crippen LogP contribution in [0.4, 0.5) is 0 Å². The SMILES string of the molecule is CN(C)CC(=O)N1CCc2c(c(C(=O)O)nn2CCO)C1. The van der Waals surface area contributed by atoms with E-state index in [9.17, 15) is 14.7 Å². The van der Waals surface area contributed by atoms with Gasteiger partial charge in [0.2, 0.25) is 5.91 Å². The number of aliphatic hydroxyl groups excluding tert-OH is 1. The molecule has 1 aromatic heterocycles. The minimum Gasteiger partial charge on any atom is -0.476 e. The van der Waals surface area contributed by atoms with Crippen LogP contribution in [0.3, 0.4) is 0 Å². The fourth-order valence-corrected chi connectivity index (χ4v) is 2.53. The number of carbonyl (C=O) groups is 2. The Morgan fingerprint density at radius 3 is 2.67 bits per heavy atom. The van der Waals surface area contributed by atoms with E-state index in [0.717, 1.165) is 5.69 Å². The number of carboxylic acids is 1. The molecule has 0 bridgehead atoms. The molecule has 1 aliphatic rings. The number of carboxylic acid groups (broad SMARTS) is 1. The van der Waals surface area contributed by atoms with Gasteiger partial charge in [-0.15, -0.1) is 0 Å². The first-order valence-corrected chi connectivity index (χ1v) is 6.79. The summed E-state index contributed by atoms with van der Waals surface area (Å²) in [5, 5.41) is 22.3. The Morgan fingerprint density at radius 2 is 2.10 bits per heavy atom. The third-order valence-corrected chi connectivity index (χ3v) is 3.45. The normalized spacial score (nSPS) is 14.4. The summed E-state index contributed by atoms with van der Waals surface area (Å²) in [4.78, 5) is 26.8. The zero-order valence-corrected chi connectivity index (χ0v) is 12.2. The predicted molar refractivity (Wildman–Crippen MR) is 73.9 cm³/mol. The first-order chi connectivity index (χ1) is 9.93. The van der Waals surface area contributed by atoms with Gasteiger partial charge in [0.1, 0.15) is 0 Å². The average Bonchev–Trinajstić information content (AvgIpc) is 2.77. The molecule has 2 N–H and O–H groups in total. The summed E-state index contributed by atoms with van der Waals surface area (Å²) in [5.41, 5.74) is 1.35. The average molecular weight is 296 g/mol. The molecule has 0 aliphatic carbocycles. The number of nitrogens with zero attached hydrogens (tertiary/aromatic N) is 4. The van der Waals surface area contributed by atoms with Crippen LogP contribution in [-0.2, 0) is 24.3 Å². The lowest BCUT2D eigenvalue weighted by atomic mass is 10.0. The van der Waals surface area contributed by atoms with E-state index in [0.29, 0.717) is 25.1 Å².